The molecule has 0 spiro atoms. The number of ether oxygens (including phenoxy) is 1. The van der Waals surface area contributed by atoms with Gasteiger partial charge in [0.15, 0.2) is 5.69 Å². The van der Waals surface area contributed by atoms with E-state index in [4.69, 9.17) is 5.73 Å². The highest BCUT2D eigenvalue weighted by atomic mass is 32.1. The molecule has 0 aromatic carbocycles. The maximum atomic E-state index is 11.3. The van der Waals surface area contributed by atoms with Gasteiger partial charge in [-0.3, -0.25) is 0 Å². The number of hydrogen-bond donors (Lipinski definition) is 1. The van der Waals surface area contributed by atoms with Crippen molar-refractivity contribution in [2.24, 2.45) is 5.92 Å². The van der Waals surface area contributed by atoms with Crippen LogP contribution in [0.1, 0.15) is 41.2 Å². The number of anilines is 1. The summed E-state index contributed by atoms with van der Waals surface area (Å²) in [6.07, 6.45) is 6.12. The van der Waals surface area contributed by atoms with E-state index in [1.54, 1.807) is 0 Å². The molecule has 1 aliphatic rings. The maximum Gasteiger partial charge on any atom is 0.359 e. The molecular formula is C11H16N2O2S. The highest BCUT2D eigenvalue weighted by Crippen LogP contribution is 2.31. The number of carbonyl (C=O) groups is 1. The molecule has 0 aliphatic heterocycles. The zero-order chi connectivity index (χ0) is 11.5. The van der Waals surface area contributed by atoms with Gasteiger partial charge >= 0.3 is 5.97 Å². The van der Waals surface area contributed by atoms with Gasteiger partial charge in [-0.15, -0.1) is 11.3 Å². The van der Waals surface area contributed by atoms with Crippen LogP contribution in [0.15, 0.2) is 0 Å². The average molecular weight is 240 g/mol. The van der Waals surface area contributed by atoms with Gasteiger partial charge in [-0.05, 0) is 5.92 Å². The van der Waals surface area contributed by atoms with E-state index >= 15 is 0 Å². The Balaban J connectivity index is 2.07. The molecule has 1 aliphatic carbocycles. The van der Waals surface area contributed by atoms with Crippen LogP contribution in [-0.2, 0) is 11.2 Å². The van der Waals surface area contributed by atoms with Crippen molar-refractivity contribution < 1.29 is 9.53 Å². The molecule has 0 saturated heterocycles. The predicted octanol–water partition coefficient (Wildman–Crippen LogP) is 2.24. The van der Waals surface area contributed by atoms with Gasteiger partial charge < -0.3 is 10.5 Å². The number of nitrogens with zero attached hydrogens (tertiary/aromatic N) is 1. The zero-order valence-corrected chi connectivity index (χ0v) is 10.2. The van der Waals surface area contributed by atoms with Gasteiger partial charge in [0.25, 0.3) is 0 Å². The topological polar surface area (TPSA) is 65.2 Å². The fraction of sp³-hybridized carbons (Fsp3) is 0.636. The Labute approximate surface area is 98.8 Å². The number of esters is 1. The third-order valence-electron chi connectivity index (χ3n) is 3.01. The lowest BCUT2D eigenvalue weighted by Gasteiger charge is -2.04. The van der Waals surface area contributed by atoms with E-state index in [-0.39, 0.29) is 5.69 Å². The molecule has 1 aromatic rings. The molecule has 4 nitrogen and oxygen atoms in total. The number of nitrogens with two attached hydrogens (primary N) is 1. The molecule has 2 N–H and O–H groups in total. The van der Waals surface area contributed by atoms with Gasteiger partial charge in [-0.1, -0.05) is 25.7 Å². The van der Waals surface area contributed by atoms with Crippen molar-refractivity contribution in [3.05, 3.63) is 10.7 Å². The van der Waals surface area contributed by atoms with Crippen LogP contribution in [0.3, 0.4) is 0 Å². The molecule has 0 atom stereocenters. The van der Waals surface area contributed by atoms with E-state index in [0.717, 1.165) is 17.3 Å². The molecule has 0 radical (unpaired) electrons. The first-order valence-electron chi connectivity index (χ1n) is 5.54. The van der Waals surface area contributed by atoms with Gasteiger partial charge in [-0.25, -0.2) is 9.78 Å². The minimum Gasteiger partial charge on any atom is -0.464 e. The van der Waals surface area contributed by atoms with Crippen LogP contribution in [0.4, 0.5) is 5.00 Å². The van der Waals surface area contributed by atoms with Crippen LogP contribution in [-0.4, -0.2) is 18.1 Å². The molecule has 1 fully saturated rings. The number of nitrogen functional groups attached to an aromatic ring is 1. The van der Waals surface area contributed by atoms with Gasteiger partial charge in [0, 0.05) is 6.42 Å². The number of carbonyl (C=O) groups excluding carboxylic acids is 1. The predicted molar refractivity (Wildman–Crippen MR) is 63.5 cm³/mol. The van der Waals surface area contributed by atoms with Gasteiger partial charge in [0.2, 0.25) is 0 Å². The SMILES string of the molecule is COC(=O)c1nc(CC2CCCC2)sc1N. The molecule has 1 aromatic heterocycles. The van der Waals surface area contributed by atoms with Crippen LogP contribution >= 0.6 is 11.3 Å². The number of methoxy groups -OCH3 is 1. The smallest absolute Gasteiger partial charge is 0.359 e. The number of hydrogen-bond acceptors (Lipinski definition) is 5. The molecule has 0 amide bonds. The van der Waals surface area contributed by atoms with Crippen molar-refractivity contribution >= 4 is 22.3 Å². The summed E-state index contributed by atoms with van der Waals surface area (Å²) in [4.78, 5) is 15.6. The second kappa shape index (κ2) is 4.82. The van der Waals surface area contributed by atoms with Crippen LogP contribution in [0.25, 0.3) is 0 Å². The highest BCUT2D eigenvalue weighted by Gasteiger charge is 2.21. The lowest BCUT2D eigenvalue weighted by atomic mass is 10.1. The van der Waals surface area contributed by atoms with Crippen LogP contribution in [0.5, 0.6) is 0 Å². The first-order valence-corrected chi connectivity index (χ1v) is 6.36. The Bertz CT molecular complexity index is 383. The number of rotatable bonds is 3. The molecule has 16 heavy (non-hydrogen) atoms. The number of aromatic nitrogens is 1. The zero-order valence-electron chi connectivity index (χ0n) is 9.36. The quantitative estimate of drug-likeness (QED) is 0.823. The third kappa shape index (κ3) is 2.35. The van der Waals surface area contributed by atoms with Crippen LogP contribution in [0, 0.1) is 5.92 Å². The van der Waals surface area contributed by atoms with E-state index in [1.807, 2.05) is 0 Å². The summed E-state index contributed by atoms with van der Waals surface area (Å²) in [5, 5.41) is 1.43. The fourth-order valence-corrected chi connectivity index (χ4v) is 3.11. The van der Waals surface area contributed by atoms with E-state index in [9.17, 15) is 4.79 Å². The van der Waals surface area contributed by atoms with E-state index in [1.165, 1.54) is 44.1 Å². The monoisotopic (exact) mass is 240 g/mol. The molecule has 5 heteroatoms. The van der Waals surface area contributed by atoms with Gasteiger partial charge in [-0.2, -0.15) is 0 Å². The summed E-state index contributed by atoms with van der Waals surface area (Å²) in [6.45, 7) is 0. The largest absolute Gasteiger partial charge is 0.464 e. The molecule has 1 saturated carbocycles. The Morgan fingerprint density at radius 1 is 1.56 bits per heavy atom. The fourth-order valence-electron chi connectivity index (χ4n) is 2.17. The molecule has 2 rings (SSSR count). The van der Waals surface area contributed by atoms with Crippen molar-refractivity contribution in [3.8, 4) is 0 Å². The Morgan fingerprint density at radius 2 is 2.25 bits per heavy atom. The Kier molecular flexibility index (Phi) is 3.43. The minimum atomic E-state index is -0.438. The van der Waals surface area contributed by atoms with E-state index in [2.05, 4.69) is 9.72 Å². The highest BCUT2D eigenvalue weighted by molar-refractivity contribution is 7.15. The third-order valence-corrected chi connectivity index (χ3v) is 3.92. The molecule has 0 unspecified atom stereocenters. The first-order chi connectivity index (χ1) is 7.70. The average Bonchev–Trinajstić information content (AvgIpc) is 2.88. The molecule has 88 valence electrons. The summed E-state index contributed by atoms with van der Waals surface area (Å²) < 4.78 is 4.63. The van der Waals surface area contributed by atoms with E-state index in [0.29, 0.717) is 5.00 Å². The summed E-state index contributed by atoms with van der Waals surface area (Å²) in [6, 6.07) is 0. The van der Waals surface area contributed by atoms with Gasteiger partial charge in [0.1, 0.15) is 5.00 Å². The van der Waals surface area contributed by atoms with E-state index < -0.39 is 5.97 Å². The standard InChI is InChI=1S/C11H16N2O2S/c1-15-11(14)9-10(12)16-8(13-9)6-7-4-2-3-5-7/h7H,2-6,12H2,1H3. The first kappa shape index (κ1) is 11.4. The summed E-state index contributed by atoms with van der Waals surface area (Å²) in [5.74, 6) is 0.280. The molecule has 1 heterocycles. The summed E-state index contributed by atoms with van der Waals surface area (Å²) in [5.41, 5.74) is 6.03. The van der Waals surface area contributed by atoms with Crippen LogP contribution < -0.4 is 5.73 Å². The second-order valence-electron chi connectivity index (χ2n) is 4.17. The van der Waals surface area contributed by atoms with Gasteiger partial charge in [0.05, 0.1) is 12.1 Å². The molecule has 0 bridgehead atoms. The van der Waals surface area contributed by atoms with Crippen molar-refractivity contribution in [2.45, 2.75) is 32.1 Å². The lowest BCUT2D eigenvalue weighted by Crippen LogP contribution is -2.05. The Hall–Kier alpha value is -1.10. The van der Waals surface area contributed by atoms with Crippen LogP contribution in [0.2, 0.25) is 0 Å². The molecular weight excluding hydrogens is 224 g/mol. The second-order valence-corrected chi connectivity index (χ2v) is 5.28. The van der Waals surface area contributed by atoms with Crippen molar-refractivity contribution in [2.75, 3.05) is 12.8 Å². The maximum absolute atomic E-state index is 11.3. The summed E-state index contributed by atoms with van der Waals surface area (Å²) in [7, 11) is 1.35. The number of thiazole rings is 1. The lowest BCUT2D eigenvalue weighted by molar-refractivity contribution is 0.0596. The Morgan fingerprint density at radius 3 is 2.88 bits per heavy atom. The van der Waals surface area contributed by atoms with Crippen molar-refractivity contribution in [3.63, 3.8) is 0 Å². The van der Waals surface area contributed by atoms with Crippen molar-refractivity contribution in [1.29, 1.82) is 0 Å². The summed E-state index contributed by atoms with van der Waals surface area (Å²) >= 11 is 1.41. The normalized spacial score (nSPS) is 16.6. The van der Waals surface area contributed by atoms with Crippen molar-refractivity contribution in [1.82, 2.24) is 4.98 Å². The minimum absolute atomic E-state index is 0.278.